The summed E-state index contributed by atoms with van der Waals surface area (Å²) in [7, 11) is -3.20. The summed E-state index contributed by atoms with van der Waals surface area (Å²) in [5.41, 5.74) is 0. The van der Waals surface area contributed by atoms with Gasteiger partial charge in [-0.1, -0.05) is 13.8 Å². The molecule has 0 aliphatic heterocycles. The monoisotopic (exact) mass is 220 g/mol. The van der Waals surface area contributed by atoms with Crippen molar-refractivity contribution in [3.05, 3.63) is 0 Å². The Bertz CT molecular complexity index is 254. The van der Waals surface area contributed by atoms with Crippen molar-refractivity contribution in [2.75, 3.05) is 13.1 Å². The molecule has 0 aromatic rings. The highest BCUT2D eigenvalue weighted by Gasteiger charge is 2.30. The van der Waals surface area contributed by atoms with Crippen molar-refractivity contribution in [3.63, 3.8) is 0 Å². The van der Waals surface area contributed by atoms with E-state index in [1.807, 2.05) is 13.8 Å². The Morgan fingerprint density at radius 1 is 1.21 bits per heavy atom. The second kappa shape index (κ2) is 5.09. The minimum absolute atomic E-state index is 0.205. The van der Waals surface area contributed by atoms with Crippen LogP contribution >= 0.6 is 0 Å². The van der Waals surface area contributed by atoms with Crippen LogP contribution in [-0.4, -0.2) is 31.9 Å². The lowest BCUT2D eigenvalue weighted by Crippen LogP contribution is -2.42. The molecule has 1 aliphatic rings. The summed E-state index contributed by atoms with van der Waals surface area (Å²) in [6.07, 6.45) is 3.72. The highest BCUT2D eigenvalue weighted by Crippen LogP contribution is 2.20. The first-order valence-corrected chi connectivity index (χ1v) is 6.81. The molecular weight excluding hydrogens is 200 g/mol. The Morgan fingerprint density at radius 3 is 2.07 bits per heavy atom. The maximum Gasteiger partial charge on any atom is 0.279 e. The molecule has 5 heteroatoms. The van der Waals surface area contributed by atoms with Gasteiger partial charge in [-0.2, -0.15) is 17.4 Å². The van der Waals surface area contributed by atoms with Gasteiger partial charge in [0.2, 0.25) is 0 Å². The minimum atomic E-state index is -3.20. The SMILES string of the molecule is CCCN(CCC)S(=O)(=O)NC1CC1. The predicted octanol–water partition coefficient (Wildman–Crippen LogP) is 1.11. The Hall–Kier alpha value is -0.130. The number of hydrogen-bond acceptors (Lipinski definition) is 2. The third-order valence-corrected chi connectivity index (χ3v) is 3.86. The molecular formula is C9H20N2O2S. The molecule has 1 saturated carbocycles. The molecule has 1 N–H and O–H groups in total. The van der Waals surface area contributed by atoms with Crippen molar-refractivity contribution in [3.8, 4) is 0 Å². The summed E-state index contributed by atoms with van der Waals surface area (Å²) >= 11 is 0. The van der Waals surface area contributed by atoms with Gasteiger partial charge in [0.15, 0.2) is 0 Å². The zero-order chi connectivity index (χ0) is 10.6. The molecule has 0 heterocycles. The van der Waals surface area contributed by atoms with Crippen molar-refractivity contribution in [1.82, 2.24) is 9.03 Å². The fourth-order valence-corrected chi connectivity index (χ4v) is 2.99. The second-order valence-electron chi connectivity index (χ2n) is 3.80. The molecule has 1 fully saturated rings. The van der Waals surface area contributed by atoms with Gasteiger partial charge in [-0.25, -0.2) is 0 Å². The summed E-state index contributed by atoms with van der Waals surface area (Å²) in [5.74, 6) is 0. The molecule has 4 nitrogen and oxygen atoms in total. The average molecular weight is 220 g/mol. The molecule has 14 heavy (non-hydrogen) atoms. The lowest BCUT2D eigenvalue weighted by Gasteiger charge is -2.20. The topological polar surface area (TPSA) is 49.4 Å². The molecule has 1 rings (SSSR count). The Balaban J connectivity index is 2.53. The van der Waals surface area contributed by atoms with Crippen LogP contribution < -0.4 is 4.72 Å². The standard InChI is InChI=1S/C9H20N2O2S/c1-3-7-11(8-4-2)14(12,13)10-9-5-6-9/h9-10H,3-8H2,1-2H3. The van der Waals surface area contributed by atoms with E-state index in [2.05, 4.69) is 4.72 Å². The van der Waals surface area contributed by atoms with Crippen LogP contribution in [0.15, 0.2) is 0 Å². The van der Waals surface area contributed by atoms with Crippen LogP contribution in [0.5, 0.6) is 0 Å². The van der Waals surface area contributed by atoms with Gasteiger partial charge < -0.3 is 0 Å². The molecule has 84 valence electrons. The van der Waals surface area contributed by atoms with Gasteiger partial charge in [0, 0.05) is 19.1 Å². The Labute approximate surface area is 86.9 Å². The number of rotatable bonds is 7. The zero-order valence-corrected chi connectivity index (χ0v) is 9.81. The average Bonchev–Trinajstić information content (AvgIpc) is 2.87. The van der Waals surface area contributed by atoms with Crippen molar-refractivity contribution in [2.45, 2.75) is 45.6 Å². The highest BCUT2D eigenvalue weighted by molar-refractivity contribution is 7.87. The van der Waals surface area contributed by atoms with Gasteiger partial charge in [0.1, 0.15) is 0 Å². The molecule has 0 bridgehead atoms. The fraction of sp³-hybridized carbons (Fsp3) is 1.00. The van der Waals surface area contributed by atoms with Gasteiger partial charge in [0.05, 0.1) is 0 Å². The van der Waals surface area contributed by atoms with Crippen LogP contribution in [0.3, 0.4) is 0 Å². The lowest BCUT2D eigenvalue weighted by molar-refractivity contribution is 0.401. The van der Waals surface area contributed by atoms with Gasteiger partial charge in [-0.05, 0) is 25.7 Å². The van der Waals surface area contributed by atoms with E-state index >= 15 is 0 Å². The quantitative estimate of drug-likeness (QED) is 0.698. The zero-order valence-electron chi connectivity index (χ0n) is 8.99. The largest absolute Gasteiger partial charge is 0.279 e. The number of hydrogen-bond donors (Lipinski definition) is 1. The van der Waals surface area contributed by atoms with Crippen LogP contribution in [0.2, 0.25) is 0 Å². The minimum Gasteiger partial charge on any atom is -0.199 e. The van der Waals surface area contributed by atoms with E-state index in [9.17, 15) is 8.42 Å². The van der Waals surface area contributed by atoms with Gasteiger partial charge in [-0.15, -0.1) is 0 Å². The van der Waals surface area contributed by atoms with E-state index in [0.29, 0.717) is 13.1 Å². The molecule has 0 saturated heterocycles. The molecule has 0 atom stereocenters. The fourth-order valence-electron chi connectivity index (χ4n) is 1.34. The highest BCUT2D eigenvalue weighted by atomic mass is 32.2. The van der Waals surface area contributed by atoms with Gasteiger partial charge in [-0.3, -0.25) is 0 Å². The van der Waals surface area contributed by atoms with Crippen molar-refractivity contribution < 1.29 is 8.42 Å². The third-order valence-electron chi connectivity index (χ3n) is 2.18. The summed E-state index contributed by atoms with van der Waals surface area (Å²) < 4.78 is 27.8. The molecule has 0 radical (unpaired) electrons. The van der Waals surface area contributed by atoms with Crippen molar-refractivity contribution in [1.29, 1.82) is 0 Å². The van der Waals surface area contributed by atoms with Crippen LogP contribution in [0, 0.1) is 0 Å². The van der Waals surface area contributed by atoms with Crippen LogP contribution in [0.4, 0.5) is 0 Å². The predicted molar refractivity (Wildman–Crippen MR) is 57.2 cm³/mol. The van der Waals surface area contributed by atoms with Gasteiger partial charge >= 0.3 is 0 Å². The molecule has 0 spiro atoms. The smallest absolute Gasteiger partial charge is 0.199 e. The maximum atomic E-state index is 11.8. The first-order chi connectivity index (χ1) is 6.60. The summed E-state index contributed by atoms with van der Waals surface area (Å²) in [6.45, 7) is 5.23. The van der Waals surface area contributed by atoms with Crippen LogP contribution in [0.25, 0.3) is 0 Å². The van der Waals surface area contributed by atoms with E-state index in [1.165, 1.54) is 0 Å². The van der Waals surface area contributed by atoms with E-state index in [4.69, 9.17) is 0 Å². The summed E-state index contributed by atoms with van der Waals surface area (Å²) in [5, 5.41) is 0. The van der Waals surface area contributed by atoms with Crippen molar-refractivity contribution >= 4 is 10.2 Å². The molecule has 0 unspecified atom stereocenters. The Kier molecular flexibility index (Phi) is 4.34. The first kappa shape index (κ1) is 11.9. The number of nitrogens with zero attached hydrogens (tertiary/aromatic N) is 1. The van der Waals surface area contributed by atoms with Gasteiger partial charge in [0.25, 0.3) is 10.2 Å². The molecule has 0 aromatic carbocycles. The molecule has 1 aliphatic carbocycles. The summed E-state index contributed by atoms with van der Waals surface area (Å²) in [4.78, 5) is 0. The number of nitrogens with one attached hydrogen (secondary N) is 1. The third kappa shape index (κ3) is 3.55. The molecule has 0 aromatic heterocycles. The van der Waals surface area contributed by atoms with Crippen LogP contribution in [-0.2, 0) is 10.2 Å². The van der Waals surface area contributed by atoms with E-state index in [0.717, 1.165) is 25.7 Å². The van der Waals surface area contributed by atoms with Crippen LogP contribution in [0.1, 0.15) is 39.5 Å². The van der Waals surface area contributed by atoms with E-state index < -0.39 is 10.2 Å². The summed E-state index contributed by atoms with van der Waals surface area (Å²) in [6, 6.07) is 0.205. The lowest BCUT2D eigenvalue weighted by atomic mass is 10.4. The maximum absolute atomic E-state index is 11.8. The Morgan fingerprint density at radius 2 is 1.71 bits per heavy atom. The second-order valence-corrected chi connectivity index (χ2v) is 5.50. The van der Waals surface area contributed by atoms with E-state index in [1.54, 1.807) is 4.31 Å². The van der Waals surface area contributed by atoms with E-state index in [-0.39, 0.29) is 6.04 Å². The molecule has 0 amide bonds. The normalized spacial score (nSPS) is 17.6. The first-order valence-electron chi connectivity index (χ1n) is 5.37. The van der Waals surface area contributed by atoms with Crippen molar-refractivity contribution in [2.24, 2.45) is 0 Å².